The highest BCUT2D eigenvalue weighted by Gasteiger charge is 2.16. The molecule has 5 aromatic rings. The van der Waals surface area contributed by atoms with Gasteiger partial charge in [-0.15, -0.1) is 0 Å². The quantitative estimate of drug-likeness (QED) is 0.451. The molecule has 0 radical (unpaired) electrons. The average Bonchev–Trinajstić information content (AvgIpc) is 3.10. The van der Waals surface area contributed by atoms with Gasteiger partial charge in [0.05, 0.1) is 33.5 Å². The summed E-state index contributed by atoms with van der Waals surface area (Å²) in [5.74, 6) is 0. The molecule has 5 rings (SSSR count). The van der Waals surface area contributed by atoms with E-state index in [-0.39, 0.29) is 5.56 Å². The number of benzene rings is 2. The number of nitrogens with zero attached hydrogens (tertiary/aromatic N) is 4. The van der Waals surface area contributed by atoms with E-state index in [1.165, 1.54) is 0 Å². The third kappa shape index (κ3) is 2.95. The number of nitrogens with two attached hydrogens (primary N) is 1. The van der Waals surface area contributed by atoms with Crippen molar-refractivity contribution >= 4 is 33.0 Å². The van der Waals surface area contributed by atoms with E-state index in [4.69, 9.17) is 10.7 Å². The first-order valence-electron chi connectivity index (χ1n) is 10.0. The Hall–Kier alpha value is -3.58. The summed E-state index contributed by atoms with van der Waals surface area (Å²) < 4.78 is 2.14. The van der Waals surface area contributed by atoms with E-state index in [1.54, 1.807) is 0 Å². The Bertz CT molecular complexity index is 1480. The summed E-state index contributed by atoms with van der Waals surface area (Å²) in [5, 5.41) is 0.999. The Morgan fingerprint density at radius 3 is 2.50 bits per heavy atom. The maximum Gasteiger partial charge on any atom is 0.275 e. The summed E-state index contributed by atoms with van der Waals surface area (Å²) in [6, 6.07) is 11.8. The van der Waals surface area contributed by atoms with Crippen molar-refractivity contribution in [3.8, 4) is 11.3 Å². The molecule has 0 saturated heterocycles. The van der Waals surface area contributed by atoms with E-state index in [1.807, 2.05) is 50.4 Å². The molecule has 0 bridgehead atoms. The zero-order valence-electron chi connectivity index (χ0n) is 16.9. The van der Waals surface area contributed by atoms with Gasteiger partial charge in [-0.25, -0.2) is 15.0 Å². The Balaban J connectivity index is 1.75. The fourth-order valence-electron chi connectivity index (χ4n) is 3.88. The predicted octanol–water partition coefficient (Wildman–Crippen LogP) is 3.45. The van der Waals surface area contributed by atoms with Crippen molar-refractivity contribution in [1.82, 2.24) is 24.5 Å². The van der Waals surface area contributed by atoms with Gasteiger partial charge in [-0.1, -0.05) is 18.2 Å². The maximum atomic E-state index is 13.0. The van der Waals surface area contributed by atoms with Crippen LogP contribution >= 0.6 is 0 Å². The maximum absolute atomic E-state index is 13.0. The van der Waals surface area contributed by atoms with E-state index in [2.05, 4.69) is 25.6 Å². The fourth-order valence-corrected chi connectivity index (χ4v) is 3.88. The fraction of sp³-hybridized carbons (Fsp3) is 0.217. The van der Waals surface area contributed by atoms with Crippen molar-refractivity contribution in [3.63, 3.8) is 0 Å². The largest absolute Gasteiger partial charge is 0.347 e. The van der Waals surface area contributed by atoms with Crippen molar-refractivity contribution in [2.45, 2.75) is 26.8 Å². The summed E-state index contributed by atoms with van der Waals surface area (Å²) in [4.78, 5) is 29.9. The van der Waals surface area contributed by atoms with Crippen LogP contribution in [0.25, 0.3) is 44.2 Å². The molecule has 7 heteroatoms. The summed E-state index contributed by atoms with van der Waals surface area (Å²) in [5.41, 5.74) is 12.4. The van der Waals surface area contributed by atoms with Crippen LogP contribution in [-0.4, -0.2) is 31.0 Å². The number of nitrogens with one attached hydrogen (secondary N) is 1. The molecule has 0 amide bonds. The molecule has 0 saturated carbocycles. The summed E-state index contributed by atoms with van der Waals surface area (Å²) in [6.07, 6.45) is 2.86. The van der Waals surface area contributed by atoms with Crippen LogP contribution in [0.15, 0.2) is 47.4 Å². The van der Waals surface area contributed by atoms with Gasteiger partial charge >= 0.3 is 0 Å². The summed E-state index contributed by atoms with van der Waals surface area (Å²) >= 11 is 0. The van der Waals surface area contributed by atoms with E-state index < -0.39 is 0 Å². The molecule has 0 atom stereocenters. The third-order valence-corrected chi connectivity index (χ3v) is 5.54. The number of aromatic nitrogens is 5. The van der Waals surface area contributed by atoms with Crippen molar-refractivity contribution in [3.05, 3.63) is 64.3 Å². The van der Waals surface area contributed by atoms with Crippen LogP contribution in [0.1, 0.15) is 17.8 Å². The molecule has 0 aliphatic carbocycles. The van der Waals surface area contributed by atoms with Gasteiger partial charge in [0.1, 0.15) is 5.69 Å². The van der Waals surface area contributed by atoms with E-state index >= 15 is 0 Å². The van der Waals surface area contributed by atoms with Crippen molar-refractivity contribution in [2.24, 2.45) is 5.73 Å². The molecule has 0 unspecified atom stereocenters. The van der Waals surface area contributed by atoms with Crippen LogP contribution in [0.2, 0.25) is 0 Å². The molecule has 3 aromatic heterocycles. The minimum absolute atomic E-state index is 0.222. The normalized spacial score (nSPS) is 11.7. The van der Waals surface area contributed by atoms with Gasteiger partial charge in [0.15, 0.2) is 0 Å². The number of para-hydroxylation sites is 1. The first-order valence-corrected chi connectivity index (χ1v) is 10.0. The van der Waals surface area contributed by atoms with Crippen LogP contribution in [0, 0.1) is 13.8 Å². The van der Waals surface area contributed by atoms with Crippen LogP contribution in [0.5, 0.6) is 0 Å². The molecule has 7 nitrogen and oxygen atoms in total. The molecule has 150 valence electrons. The van der Waals surface area contributed by atoms with Crippen LogP contribution < -0.4 is 11.3 Å². The van der Waals surface area contributed by atoms with Crippen LogP contribution in [0.4, 0.5) is 0 Å². The van der Waals surface area contributed by atoms with Crippen molar-refractivity contribution < 1.29 is 0 Å². The van der Waals surface area contributed by atoms with E-state index in [9.17, 15) is 4.79 Å². The second-order valence-corrected chi connectivity index (χ2v) is 7.56. The first-order chi connectivity index (χ1) is 14.5. The van der Waals surface area contributed by atoms with Gasteiger partial charge in [-0.3, -0.25) is 4.79 Å². The van der Waals surface area contributed by atoms with Crippen LogP contribution in [0.3, 0.4) is 0 Å². The van der Waals surface area contributed by atoms with Gasteiger partial charge < -0.3 is 15.3 Å². The smallest absolute Gasteiger partial charge is 0.275 e. The molecular formula is C23H22N6O. The predicted molar refractivity (Wildman–Crippen MR) is 120 cm³/mol. The Morgan fingerprint density at radius 1 is 1.00 bits per heavy atom. The van der Waals surface area contributed by atoms with Gasteiger partial charge in [-0.05, 0) is 45.0 Å². The lowest BCUT2D eigenvalue weighted by atomic mass is 10.1. The van der Waals surface area contributed by atoms with Gasteiger partial charge in [0, 0.05) is 29.2 Å². The standard InChI is InChI=1S/C23H22N6O/c1-13-14(2)26-18-11-20-19(10-17(18)25-13)27-22(23(30)28-20)16-12-29(9-5-8-24)21-7-4-3-6-15(16)21/h3-4,6-7,10-12H,5,8-9,24H2,1-2H3,(H,28,30). The number of hydrogen-bond acceptors (Lipinski definition) is 5. The molecule has 30 heavy (non-hydrogen) atoms. The molecule has 3 heterocycles. The van der Waals surface area contributed by atoms with E-state index in [0.717, 1.165) is 51.9 Å². The Morgan fingerprint density at radius 2 is 1.73 bits per heavy atom. The highest BCUT2D eigenvalue weighted by molar-refractivity contribution is 5.97. The van der Waals surface area contributed by atoms with Gasteiger partial charge in [0.25, 0.3) is 5.56 Å². The number of hydrogen-bond donors (Lipinski definition) is 2. The number of aromatic amines is 1. The second-order valence-electron chi connectivity index (χ2n) is 7.56. The summed E-state index contributed by atoms with van der Waals surface area (Å²) in [6.45, 7) is 5.27. The molecule has 3 N–H and O–H groups in total. The van der Waals surface area contributed by atoms with Crippen LogP contribution in [-0.2, 0) is 6.54 Å². The van der Waals surface area contributed by atoms with Gasteiger partial charge in [-0.2, -0.15) is 0 Å². The number of H-pyrrole nitrogens is 1. The lowest BCUT2D eigenvalue weighted by Crippen LogP contribution is -2.11. The minimum Gasteiger partial charge on any atom is -0.347 e. The summed E-state index contributed by atoms with van der Waals surface area (Å²) in [7, 11) is 0. The molecule has 2 aromatic carbocycles. The Labute approximate surface area is 172 Å². The number of aryl methyl sites for hydroxylation is 3. The highest BCUT2D eigenvalue weighted by atomic mass is 16.1. The topological polar surface area (TPSA) is 102 Å². The number of fused-ring (bicyclic) bond motifs is 3. The molecule has 0 fully saturated rings. The molecule has 0 spiro atoms. The monoisotopic (exact) mass is 398 g/mol. The highest BCUT2D eigenvalue weighted by Crippen LogP contribution is 2.29. The Kier molecular flexibility index (Phi) is 4.33. The van der Waals surface area contributed by atoms with Crippen molar-refractivity contribution in [1.29, 1.82) is 0 Å². The minimum atomic E-state index is -0.222. The first kappa shape index (κ1) is 18.4. The molecule has 0 aliphatic heterocycles. The molecule has 0 aliphatic rings. The zero-order valence-corrected chi connectivity index (χ0v) is 16.9. The SMILES string of the molecule is Cc1nc2cc3nc(-c4cn(CCCN)c5ccccc45)c(=O)[nH]c3cc2nc1C. The van der Waals surface area contributed by atoms with E-state index in [0.29, 0.717) is 23.3 Å². The van der Waals surface area contributed by atoms with Gasteiger partial charge in [0.2, 0.25) is 0 Å². The lowest BCUT2D eigenvalue weighted by molar-refractivity contribution is 0.671. The van der Waals surface area contributed by atoms with Crippen molar-refractivity contribution in [2.75, 3.05) is 6.54 Å². The number of rotatable bonds is 4. The molecular weight excluding hydrogens is 376 g/mol. The average molecular weight is 398 g/mol. The third-order valence-electron chi connectivity index (χ3n) is 5.54. The lowest BCUT2D eigenvalue weighted by Gasteiger charge is -2.06. The second kappa shape index (κ2) is 7.03. The zero-order chi connectivity index (χ0) is 20.8.